The number of hydrogen-bond acceptors (Lipinski definition) is 5. The Hall–Kier alpha value is -2.14. The van der Waals surface area contributed by atoms with Gasteiger partial charge < -0.3 is 10.2 Å². The van der Waals surface area contributed by atoms with Crippen LogP contribution in [0.5, 0.6) is 0 Å². The first-order chi connectivity index (χ1) is 17.6. The molecule has 37 heavy (non-hydrogen) atoms. The Morgan fingerprint density at radius 3 is 2.46 bits per heavy atom. The number of thioether (sulfide) groups is 1. The molecule has 4 nitrogen and oxygen atoms in total. The topological polar surface area (TPSA) is 31.4 Å². The van der Waals surface area contributed by atoms with Crippen LogP contribution in [0.25, 0.3) is 10.9 Å². The lowest BCUT2D eigenvalue weighted by Gasteiger charge is -2.34. The number of pyridine rings is 1. The van der Waals surface area contributed by atoms with Crippen molar-refractivity contribution in [2.75, 3.05) is 38.6 Å². The van der Waals surface area contributed by atoms with Crippen molar-refractivity contribution < 1.29 is 26.3 Å². The van der Waals surface area contributed by atoms with E-state index in [4.69, 9.17) is 0 Å². The van der Waals surface area contributed by atoms with Gasteiger partial charge in [-0.05, 0) is 62.7 Å². The zero-order valence-corrected chi connectivity index (χ0v) is 21.4. The van der Waals surface area contributed by atoms with Crippen molar-refractivity contribution in [2.24, 2.45) is 5.92 Å². The molecule has 1 saturated heterocycles. The minimum absolute atomic E-state index is 0.173. The summed E-state index contributed by atoms with van der Waals surface area (Å²) in [5.41, 5.74) is 0.804. The van der Waals surface area contributed by atoms with Gasteiger partial charge in [0.2, 0.25) is 0 Å². The molecule has 1 aromatic carbocycles. The van der Waals surface area contributed by atoms with Crippen molar-refractivity contribution in [2.45, 2.75) is 55.8 Å². The van der Waals surface area contributed by atoms with Gasteiger partial charge in [-0.15, -0.1) is 11.8 Å². The zero-order valence-electron chi connectivity index (χ0n) is 20.5. The first kappa shape index (κ1) is 27.9. The highest BCUT2D eigenvalue weighted by atomic mass is 32.2. The molecule has 2 aliphatic heterocycles. The summed E-state index contributed by atoms with van der Waals surface area (Å²) in [6.07, 6.45) is -0.443. The van der Waals surface area contributed by atoms with Crippen LogP contribution in [0, 0.1) is 5.92 Å². The third kappa shape index (κ3) is 7.69. The van der Waals surface area contributed by atoms with E-state index in [1.165, 1.54) is 6.07 Å². The zero-order chi connectivity index (χ0) is 26.5. The standard InChI is InChI=1S/C26H32F6N4S/c27-25(28,29)19-8-12-35(13-9-19)17-21-16-33-18-36(21)11-3-1-2-4-14-37-24-7-10-34-23-15-20(26(30,31)32)5-6-22(23)24/h5-7,10,15-16,19,33H,1-4,8-9,11-14,17-18H2. The summed E-state index contributed by atoms with van der Waals surface area (Å²) in [6, 6.07) is 5.55. The van der Waals surface area contributed by atoms with Crippen molar-refractivity contribution in [3.8, 4) is 0 Å². The van der Waals surface area contributed by atoms with Gasteiger partial charge in [0.15, 0.2) is 0 Å². The van der Waals surface area contributed by atoms with Gasteiger partial charge in [0.25, 0.3) is 0 Å². The van der Waals surface area contributed by atoms with E-state index in [1.807, 2.05) is 12.3 Å². The number of nitrogens with one attached hydrogen (secondary N) is 1. The highest BCUT2D eigenvalue weighted by Gasteiger charge is 2.41. The number of unbranched alkanes of at least 4 members (excludes halogenated alkanes) is 3. The van der Waals surface area contributed by atoms with Crippen LogP contribution in [0.1, 0.15) is 44.1 Å². The fraction of sp³-hybridized carbons (Fsp3) is 0.577. The summed E-state index contributed by atoms with van der Waals surface area (Å²) in [7, 11) is 0. The Labute approximate surface area is 217 Å². The van der Waals surface area contributed by atoms with Crippen molar-refractivity contribution in [1.29, 1.82) is 0 Å². The van der Waals surface area contributed by atoms with Gasteiger partial charge in [0, 0.05) is 41.5 Å². The summed E-state index contributed by atoms with van der Waals surface area (Å²) < 4.78 is 77.6. The quantitative estimate of drug-likeness (QED) is 0.199. The molecule has 0 aliphatic carbocycles. The molecule has 1 aromatic heterocycles. The lowest BCUT2D eigenvalue weighted by molar-refractivity contribution is -0.184. The van der Waals surface area contributed by atoms with Crippen molar-refractivity contribution in [3.63, 3.8) is 0 Å². The number of alkyl halides is 6. The van der Waals surface area contributed by atoms with Crippen molar-refractivity contribution in [1.82, 2.24) is 20.1 Å². The summed E-state index contributed by atoms with van der Waals surface area (Å²) in [5.74, 6) is -0.294. The van der Waals surface area contributed by atoms with E-state index in [9.17, 15) is 26.3 Å². The maximum absolute atomic E-state index is 13.0. The number of rotatable bonds is 10. The Morgan fingerprint density at radius 2 is 1.73 bits per heavy atom. The maximum Gasteiger partial charge on any atom is 0.416 e. The minimum Gasteiger partial charge on any atom is -0.372 e. The second kappa shape index (κ2) is 12.1. The average Bonchev–Trinajstić information content (AvgIpc) is 3.29. The molecule has 2 aromatic rings. The SMILES string of the molecule is FC(F)(F)c1ccc2c(SCCCCCCN3CNC=C3CN3CCC(C(F)(F)F)CC3)ccnc2c1. The van der Waals surface area contributed by atoms with Gasteiger partial charge >= 0.3 is 12.4 Å². The van der Waals surface area contributed by atoms with E-state index >= 15 is 0 Å². The van der Waals surface area contributed by atoms with Gasteiger partial charge in [-0.25, -0.2) is 0 Å². The molecule has 0 unspecified atom stereocenters. The molecule has 0 spiro atoms. The van der Waals surface area contributed by atoms with Crippen LogP contribution in [-0.2, 0) is 6.18 Å². The number of halogens is 6. The van der Waals surface area contributed by atoms with Crippen LogP contribution < -0.4 is 5.32 Å². The molecule has 204 valence electrons. The number of benzene rings is 1. The van der Waals surface area contributed by atoms with Gasteiger partial charge in [-0.1, -0.05) is 18.9 Å². The third-order valence-electron chi connectivity index (χ3n) is 7.00. The predicted octanol–water partition coefficient (Wildman–Crippen LogP) is 6.88. The molecular weight excluding hydrogens is 514 g/mol. The first-order valence-corrected chi connectivity index (χ1v) is 13.6. The number of hydrogen-bond donors (Lipinski definition) is 1. The second-order valence-corrected chi connectivity index (χ2v) is 10.8. The van der Waals surface area contributed by atoms with Crippen LogP contribution >= 0.6 is 11.8 Å². The molecule has 0 atom stereocenters. The summed E-state index contributed by atoms with van der Waals surface area (Å²) in [5, 5.41) is 3.98. The van der Waals surface area contributed by atoms with Crippen LogP contribution in [0.15, 0.2) is 47.3 Å². The molecule has 11 heteroatoms. The fourth-order valence-electron chi connectivity index (χ4n) is 4.85. The highest BCUT2D eigenvalue weighted by Crippen LogP contribution is 2.35. The van der Waals surface area contributed by atoms with Crippen LogP contribution in [0.4, 0.5) is 26.3 Å². The first-order valence-electron chi connectivity index (χ1n) is 12.7. The van der Waals surface area contributed by atoms with Crippen molar-refractivity contribution in [3.05, 3.63) is 47.9 Å². The minimum atomic E-state index is -4.38. The number of likely N-dealkylation sites (tertiary alicyclic amines) is 1. The second-order valence-electron chi connectivity index (χ2n) is 9.65. The molecule has 0 bridgehead atoms. The fourth-order valence-corrected chi connectivity index (χ4v) is 5.90. The Kier molecular flexibility index (Phi) is 9.15. The number of nitrogens with zero attached hydrogens (tertiary/aromatic N) is 3. The molecule has 0 radical (unpaired) electrons. The summed E-state index contributed by atoms with van der Waals surface area (Å²) in [6.45, 7) is 3.27. The highest BCUT2D eigenvalue weighted by molar-refractivity contribution is 7.99. The molecule has 0 amide bonds. The molecule has 1 N–H and O–H groups in total. The molecule has 3 heterocycles. The number of aromatic nitrogens is 1. The van der Waals surface area contributed by atoms with Crippen LogP contribution in [-0.4, -0.2) is 59.6 Å². The van der Waals surface area contributed by atoms with Gasteiger partial charge in [-0.3, -0.25) is 9.88 Å². The molecule has 1 fully saturated rings. The maximum atomic E-state index is 13.0. The average molecular weight is 547 g/mol. The lowest BCUT2D eigenvalue weighted by Crippen LogP contribution is -2.41. The van der Waals surface area contributed by atoms with Gasteiger partial charge in [-0.2, -0.15) is 26.3 Å². The van der Waals surface area contributed by atoms with E-state index < -0.39 is 23.8 Å². The predicted molar refractivity (Wildman–Crippen MR) is 134 cm³/mol. The molecule has 2 aliphatic rings. The van der Waals surface area contributed by atoms with Gasteiger partial charge in [0.1, 0.15) is 0 Å². The van der Waals surface area contributed by atoms with E-state index in [1.54, 1.807) is 18.0 Å². The van der Waals surface area contributed by atoms with E-state index in [2.05, 4.69) is 20.1 Å². The van der Waals surface area contributed by atoms with Crippen molar-refractivity contribution >= 4 is 22.7 Å². The van der Waals surface area contributed by atoms with E-state index in [-0.39, 0.29) is 12.8 Å². The Morgan fingerprint density at radius 1 is 0.973 bits per heavy atom. The number of piperidine rings is 1. The van der Waals surface area contributed by atoms with E-state index in [0.29, 0.717) is 25.2 Å². The van der Waals surface area contributed by atoms with Crippen LogP contribution in [0.2, 0.25) is 0 Å². The summed E-state index contributed by atoms with van der Waals surface area (Å²) >= 11 is 1.64. The normalized spacial score (nSPS) is 17.9. The smallest absolute Gasteiger partial charge is 0.372 e. The van der Waals surface area contributed by atoms with Crippen LogP contribution in [0.3, 0.4) is 0 Å². The lowest BCUT2D eigenvalue weighted by atomic mass is 9.96. The summed E-state index contributed by atoms with van der Waals surface area (Å²) in [4.78, 5) is 9.42. The Bertz CT molecular complexity index is 1060. The third-order valence-corrected chi connectivity index (χ3v) is 8.16. The van der Waals surface area contributed by atoms with Gasteiger partial charge in [0.05, 0.1) is 23.7 Å². The van der Waals surface area contributed by atoms with E-state index in [0.717, 1.165) is 72.8 Å². The monoisotopic (exact) mass is 546 g/mol. The Balaban J connectivity index is 1.13. The molecule has 4 rings (SSSR count). The number of fused-ring (bicyclic) bond motifs is 1. The largest absolute Gasteiger partial charge is 0.416 e. The molecule has 0 saturated carbocycles. The molecular formula is C26H32F6N4S.